The number of methoxy groups -OCH3 is 1. The molecule has 2 rings (SSSR count). The number of para-hydroxylation sites is 1. The maximum Gasteiger partial charge on any atom is 0.255 e. The van der Waals surface area contributed by atoms with E-state index < -0.39 is 0 Å². The Bertz CT molecular complexity index is 427. The van der Waals surface area contributed by atoms with Crippen LogP contribution >= 0.6 is 0 Å². The maximum absolute atomic E-state index is 12.0. The third kappa shape index (κ3) is 2.82. The van der Waals surface area contributed by atoms with Gasteiger partial charge in [-0.3, -0.25) is 4.79 Å². The number of carbonyl (C=O) groups excluding carboxylic acids is 1. The van der Waals surface area contributed by atoms with E-state index in [9.17, 15) is 4.79 Å². The second-order valence-electron chi connectivity index (χ2n) is 4.86. The molecule has 1 amide bonds. The van der Waals surface area contributed by atoms with E-state index in [4.69, 9.17) is 9.84 Å². The molecule has 1 aliphatic rings. The Kier molecular flexibility index (Phi) is 3.87. The van der Waals surface area contributed by atoms with Crippen LogP contribution in [0, 0.1) is 5.41 Å². The lowest BCUT2D eigenvalue weighted by molar-refractivity contribution is 0.0938. The Balaban J connectivity index is 1.96. The third-order valence-electron chi connectivity index (χ3n) is 3.57. The molecule has 1 aromatic carbocycles. The van der Waals surface area contributed by atoms with Crippen molar-refractivity contribution in [3.63, 3.8) is 0 Å². The number of rotatable bonds is 6. The molecule has 0 heterocycles. The van der Waals surface area contributed by atoms with Crippen molar-refractivity contribution >= 4 is 5.91 Å². The molecular weight excluding hydrogens is 230 g/mol. The number of hydrogen-bond acceptors (Lipinski definition) is 3. The first-order valence-electron chi connectivity index (χ1n) is 6.23. The number of aliphatic hydroxyl groups is 1. The molecule has 0 spiro atoms. The number of ether oxygens (including phenoxy) is 1. The predicted molar refractivity (Wildman–Crippen MR) is 68.7 cm³/mol. The molecule has 0 unspecified atom stereocenters. The highest BCUT2D eigenvalue weighted by Crippen LogP contribution is 2.47. The molecule has 1 saturated carbocycles. The summed E-state index contributed by atoms with van der Waals surface area (Å²) in [6, 6.07) is 7.18. The van der Waals surface area contributed by atoms with E-state index in [0.717, 1.165) is 19.3 Å². The van der Waals surface area contributed by atoms with Crippen LogP contribution in [0.1, 0.15) is 29.6 Å². The highest BCUT2D eigenvalue weighted by Gasteiger charge is 2.41. The zero-order valence-electron chi connectivity index (χ0n) is 10.6. The van der Waals surface area contributed by atoms with Gasteiger partial charge in [-0.05, 0) is 36.8 Å². The quantitative estimate of drug-likeness (QED) is 0.805. The van der Waals surface area contributed by atoms with Crippen molar-refractivity contribution in [1.82, 2.24) is 5.32 Å². The fourth-order valence-corrected chi connectivity index (χ4v) is 2.12. The largest absolute Gasteiger partial charge is 0.496 e. The molecule has 1 aromatic rings. The summed E-state index contributed by atoms with van der Waals surface area (Å²) in [5.74, 6) is 0.471. The SMILES string of the molecule is COc1ccccc1C(=O)NCC1(CCO)CC1. The number of hydrogen-bond donors (Lipinski definition) is 2. The van der Waals surface area contributed by atoms with Crippen LogP contribution < -0.4 is 10.1 Å². The summed E-state index contributed by atoms with van der Waals surface area (Å²) < 4.78 is 5.16. The van der Waals surface area contributed by atoms with Gasteiger partial charge in [0.25, 0.3) is 5.91 Å². The van der Waals surface area contributed by atoms with Gasteiger partial charge in [-0.2, -0.15) is 0 Å². The van der Waals surface area contributed by atoms with Gasteiger partial charge < -0.3 is 15.2 Å². The average Bonchev–Trinajstić information content (AvgIpc) is 3.16. The molecule has 2 N–H and O–H groups in total. The second-order valence-corrected chi connectivity index (χ2v) is 4.86. The summed E-state index contributed by atoms with van der Waals surface area (Å²) in [5.41, 5.74) is 0.687. The number of amides is 1. The minimum atomic E-state index is -0.114. The van der Waals surface area contributed by atoms with Crippen LogP contribution in [-0.4, -0.2) is 31.3 Å². The Morgan fingerprint density at radius 3 is 2.78 bits per heavy atom. The maximum atomic E-state index is 12.0. The van der Waals surface area contributed by atoms with Gasteiger partial charge in [0.1, 0.15) is 5.75 Å². The molecule has 4 heteroatoms. The first kappa shape index (κ1) is 12.9. The third-order valence-corrected chi connectivity index (χ3v) is 3.57. The Morgan fingerprint density at radius 1 is 1.44 bits per heavy atom. The van der Waals surface area contributed by atoms with Gasteiger partial charge in [-0.1, -0.05) is 12.1 Å². The Morgan fingerprint density at radius 2 is 2.17 bits per heavy atom. The van der Waals surface area contributed by atoms with E-state index >= 15 is 0 Å². The molecule has 1 aliphatic carbocycles. The van der Waals surface area contributed by atoms with Crippen LogP contribution in [0.5, 0.6) is 5.75 Å². The van der Waals surface area contributed by atoms with Gasteiger partial charge in [-0.15, -0.1) is 0 Å². The van der Waals surface area contributed by atoms with Gasteiger partial charge in [0.15, 0.2) is 0 Å². The van der Waals surface area contributed by atoms with Crippen LogP contribution in [0.25, 0.3) is 0 Å². The van der Waals surface area contributed by atoms with E-state index in [-0.39, 0.29) is 17.9 Å². The summed E-state index contributed by atoms with van der Waals surface area (Å²) in [5, 5.41) is 11.9. The van der Waals surface area contributed by atoms with Gasteiger partial charge in [0.2, 0.25) is 0 Å². The van der Waals surface area contributed by atoms with E-state index in [1.807, 2.05) is 12.1 Å². The lowest BCUT2D eigenvalue weighted by Crippen LogP contribution is -2.30. The van der Waals surface area contributed by atoms with Gasteiger partial charge >= 0.3 is 0 Å². The molecular formula is C14H19NO3. The van der Waals surface area contributed by atoms with Gasteiger partial charge in [0.05, 0.1) is 12.7 Å². The molecule has 0 atom stereocenters. The van der Waals surface area contributed by atoms with Gasteiger partial charge in [0, 0.05) is 13.2 Å². The molecule has 0 aliphatic heterocycles. The number of nitrogens with one attached hydrogen (secondary N) is 1. The minimum Gasteiger partial charge on any atom is -0.496 e. The lowest BCUT2D eigenvalue weighted by Gasteiger charge is -2.15. The van der Waals surface area contributed by atoms with Crippen LogP contribution in [0.15, 0.2) is 24.3 Å². The fraction of sp³-hybridized carbons (Fsp3) is 0.500. The molecule has 18 heavy (non-hydrogen) atoms. The second kappa shape index (κ2) is 5.40. The molecule has 0 saturated heterocycles. The summed E-state index contributed by atoms with van der Waals surface area (Å²) in [6.45, 7) is 0.814. The van der Waals surface area contributed by atoms with Crippen LogP contribution in [0.2, 0.25) is 0 Å². The van der Waals surface area contributed by atoms with Crippen molar-refractivity contribution in [2.24, 2.45) is 5.41 Å². The van der Waals surface area contributed by atoms with Crippen LogP contribution in [0.3, 0.4) is 0 Å². The molecule has 1 fully saturated rings. The number of carbonyl (C=O) groups is 1. The fourth-order valence-electron chi connectivity index (χ4n) is 2.12. The summed E-state index contributed by atoms with van der Waals surface area (Å²) in [7, 11) is 1.56. The van der Waals surface area contributed by atoms with Crippen molar-refractivity contribution in [3.05, 3.63) is 29.8 Å². The predicted octanol–water partition coefficient (Wildman–Crippen LogP) is 1.59. The topological polar surface area (TPSA) is 58.6 Å². The first-order valence-corrected chi connectivity index (χ1v) is 6.23. The summed E-state index contributed by atoms with van der Waals surface area (Å²) in [4.78, 5) is 12.0. The number of aliphatic hydroxyl groups excluding tert-OH is 1. The molecule has 98 valence electrons. The standard InChI is InChI=1S/C14H19NO3/c1-18-12-5-3-2-4-11(12)13(17)15-10-14(6-7-14)8-9-16/h2-5,16H,6-10H2,1H3,(H,15,17). The summed E-state index contributed by atoms with van der Waals surface area (Å²) in [6.07, 6.45) is 2.93. The normalized spacial score (nSPS) is 16.1. The molecule has 0 radical (unpaired) electrons. The van der Waals surface area contributed by atoms with E-state index in [1.165, 1.54) is 0 Å². The van der Waals surface area contributed by atoms with Crippen molar-refractivity contribution in [2.75, 3.05) is 20.3 Å². The molecule has 0 bridgehead atoms. The van der Waals surface area contributed by atoms with Crippen LogP contribution in [-0.2, 0) is 0 Å². The zero-order valence-corrected chi connectivity index (χ0v) is 10.6. The van der Waals surface area contributed by atoms with E-state index in [0.29, 0.717) is 17.9 Å². The lowest BCUT2D eigenvalue weighted by atomic mass is 10.0. The van der Waals surface area contributed by atoms with Gasteiger partial charge in [-0.25, -0.2) is 0 Å². The van der Waals surface area contributed by atoms with Crippen molar-refractivity contribution in [1.29, 1.82) is 0 Å². The Hall–Kier alpha value is -1.55. The number of benzene rings is 1. The highest BCUT2D eigenvalue weighted by atomic mass is 16.5. The smallest absolute Gasteiger partial charge is 0.255 e. The average molecular weight is 249 g/mol. The van der Waals surface area contributed by atoms with Crippen molar-refractivity contribution in [3.8, 4) is 5.75 Å². The van der Waals surface area contributed by atoms with E-state index in [1.54, 1.807) is 19.2 Å². The van der Waals surface area contributed by atoms with Crippen molar-refractivity contribution < 1.29 is 14.6 Å². The van der Waals surface area contributed by atoms with Crippen LogP contribution in [0.4, 0.5) is 0 Å². The highest BCUT2D eigenvalue weighted by molar-refractivity contribution is 5.96. The van der Waals surface area contributed by atoms with E-state index in [2.05, 4.69) is 5.32 Å². The summed E-state index contributed by atoms with van der Waals surface area (Å²) >= 11 is 0. The minimum absolute atomic E-state index is 0.114. The Labute approximate surface area is 107 Å². The monoisotopic (exact) mass is 249 g/mol. The first-order chi connectivity index (χ1) is 8.71. The van der Waals surface area contributed by atoms with Crippen molar-refractivity contribution in [2.45, 2.75) is 19.3 Å². The molecule has 0 aromatic heterocycles. The molecule has 4 nitrogen and oxygen atoms in total. The zero-order chi connectivity index (χ0) is 13.0.